The number of hydrogen-bond donors (Lipinski definition) is 2. The summed E-state index contributed by atoms with van der Waals surface area (Å²) in [6.45, 7) is 4.82. The maximum Gasteiger partial charge on any atom is 0.322 e. The molecule has 1 fully saturated rings. The van der Waals surface area contributed by atoms with E-state index >= 15 is 0 Å². The standard InChI is InChI=1S/C24H32N2O6S/c1-3-15-11-18(16-7-9-32-10-8-16)13-20-19-12-17(24(29)25-14-22(27)28)5-6-21(19)26(23(15)20)33(30,31)4-2/h5-6,12,15-16,18H,3-4,7-11,13-14H2,1-2H3,(H,25,29)(H,27,28). The molecule has 1 aliphatic carbocycles. The van der Waals surface area contributed by atoms with Crippen molar-refractivity contribution in [2.75, 3.05) is 25.5 Å². The topological polar surface area (TPSA) is 115 Å². The number of hydrogen-bond acceptors (Lipinski definition) is 5. The Kier molecular flexibility index (Phi) is 6.81. The summed E-state index contributed by atoms with van der Waals surface area (Å²) >= 11 is 0. The number of benzene rings is 1. The van der Waals surface area contributed by atoms with Crippen LogP contribution >= 0.6 is 0 Å². The van der Waals surface area contributed by atoms with Gasteiger partial charge in [0.05, 0.1) is 11.3 Å². The summed E-state index contributed by atoms with van der Waals surface area (Å²) in [6, 6.07) is 4.99. The number of rotatable bonds is 7. The van der Waals surface area contributed by atoms with Crippen LogP contribution in [0.25, 0.3) is 10.9 Å². The smallest absolute Gasteiger partial charge is 0.322 e. The van der Waals surface area contributed by atoms with E-state index in [1.807, 2.05) is 0 Å². The molecular weight excluding hydrogens is 444 g/mol. The molecule has 9 heteroatoms. The second kappa shape index (κ2) is 9.46. The zero-order chi connectivity index (χ0) is 23.8. The molecule has 4 rings (SSSR count). The van der Waals surface area contributed by atoms with E-state index in [4.69, 9.17) is 9.84 Å². The first-order valence-electron chi connectivity index (χ1n) is 11.7. The molecule has 1 aliphatic heterocycles. The Hall–Kier alpha value is -2.39. The van der Waals surface area contributed by atoms with Crippen molar-refractivity contribution in [2.24, 2.45) is 11.8 Å². The molecule has 33 heavy (non-hydrogen) atoms. The number of carboxylic acids is 1. The molecule has 0 saturated carbocycles. The van der Waals surface area contributed by atoms with Crippen LogP contribution in [0.3, 0.4) is 0 Å². The van der Waals surface area contributed by atoms with Gasteiger partial charge in [0.15, 0.2) is 0 Å². The van der Waals surface area contributed by atoms with E-state index in [0.29, 0.717) is 22.9 Å². The summed E-state index contributed by atoms with van der Waals surface area (Å²) in [5.74, 6) is -0.498. The number of ether oxygens (including phenoxy) is 1. The maximum absolute atomic E-state index is 13.2. The van der Waals surface area contributed by atoms with Gasteiger partial charge in [-0.05, 0) is 74.6 Å². The van der Waals surface area contributed by atoms with Crippen molar-refractivity contribution in [3.05, 3.63) is 35.0 Å². The van der Waals surface area contributed by atoms with Gasteiger partial charge in [-0.1, -0.05) is 6.92 Å². The van der Waals surface area contributed by atoms with Gasteiger partial charge < -0.3 is 15.2 Å². The first-order chi connectivity index (χ1) is 15.8. The highest BCUT2D eigenvalue weighted by molar-refractivity contribution is 7.90. The Morgan fingerprint density at radius 2 is 1.91 bits per heavy atom. The summed E-state index contributed by atoms with van der Waals surface area (Å²) in [5.41, 5.74) is 2.81. The lowest BCUT2D eigenvalue weighted by atomic mass is 9.71. The zero-order valence-corrected chi connectivity index (χ0v) is 20.0. The van der Waals surface area contributed by atoms with Crippen LogP contribution in [0.1, 0.15) is 67.1 Å². The Labute approximate surface area is 194 Å². The highest BCUT2D eigenvalue weighted by Gasteiger charge is 2.38. The molecule has 0 spiro atoms. The van der Waals surface area contributed by atoms with Gasteiger partial charge in [-0.15, -0.1) is 0 Å². The summed E-state index contributed by atoms with van der Waals surface area (Å²) < 4.78 is 33.5. The van der Waals surface area contributed by atoms with Crippen molar-refractivity contribution in [3.8, 4) is 0 Å². The van der Waals surface area contributed by atoms with Crippen molar-refractivity contribution < 1.29 is 27.9 Å². The first kappa shape index (κ1) is 23.8. The fraction of sp³-hybridized carbons (Fsp3) is 0.583. The fourth-order valence-corrected chi connectivity index (χ4v) is 6.80. The molecule has 1 aromatic heterocycles. The highest BCUT2D eigenvalue weighted by Crippen LogP contribution is 2.46. The minimum absolute atomic E-state index is 0.0100. The van der Waals surface area contributed by atoms with E-state index in [1.54, 1.807) is 25.1 Å². The molecule has 2 heterocycles. The van der Waals surface area contributed by atoms with Crippen LogP contribution in [0.15, 0.2) is 18.2 Å². The molecule has 8 nitrogen and oxygen atoms in total. The van der Waals surface area contributed by atoms with E-state index in [-0.39, 0.29) is 11.7 Å². The number of aliphatic carboxylic acids is 1. The average molecular weight is 477 g/mol. The highest BCUT2D eigenvalue weighted by atomic mass is 32.2. The number of carbonyl (C=O) groups excluding carboxylic acids is 1. The van der Waals surface area contributed by atoms with Crippen LogP contribution in [-0.2, 0) is 26.0 Å². The van der Waals surface area contributed by atoms with Crippen molar-refractivity contribution in [1.29, 1.82) is 0 Å². The zero-order valence-electron chi connectivity index (χ0n) is 19.2. The number of nitrogens with one attached hydrogen (secondary N) is 1. The third-order valence-corrected chi connectivity index (χ3v) is 8.92. The van der Waals surface area contributed by atoms with Crippen LogP contribution in [0.2, 0.25) is 0 Å². The monoisotopic (exact) mass is 476 g/mol. The molecular formula is C24H32N2O6S. The Morgan fingerprint density at radius 1 is 1.18 bits per heavy atom. The van der Waals surface area contributed by atoms with Crippen LogP contribution in [0, 0.1) is 11.8 Å². The largest absolute Gasteiger partial charge is 0.480 e. The SMILES string of the molecule is CCC1CC(C2CCOCC2)Cc2c1n(S(=O)(=O)CC)c1ccc(C(=O)NCC(=O)O)cc21. The number of carboxylic acid groups (broad SMARTS) is 1. The summed E-state index contributed by atoms with van der Waals surface area (Å²) in [5, 5.41) is 12.0. The molecule has 2 aromatic rings. The lowest BCUT2D eigenvalue weighted by Gasteiger charge is -2.37. The molecule has 2 unspecified atom stereocenters. The van der Waals surface area contributed by atoms with Crippen LogP contribution in [0.4, 0.5) is 0 Å². The number of nitrogens with zero attached hydrogens (tertiary/aromatic N) is 1. The second-order valence-corrected chi connectivity index (χ2v) is 11.2. The van der Waals surface area contributed by atoms with Crippen molar-refractivity contribution in [3.63, 3.8) is 0 Å². The Balaban J connectivity index is 1.85. The van der Waals surface area contributed by atoms with Crippen molar-refractivity contribution in [1.82, 2.24) is 9.29 Å². The summed E-state index contributed by atoms with van der Waals surface area (Å²) in [4.78, 5) is 23.4. The quantitative estimate of drug-likeness (QED) is 0.635. The third kappa shape index (κ3) is 4.53. The molecule has 1 aromatic carbocycles. The first-order valence-corrected chi connectivity index (χ1v) is 13.4. The average Bonchev–Trinajstić information content (AvgIpc) is 3.17. The number of fused-ring (bicyclic) bond motifs is 3. The second-order valence-electron chi connectivity index (χ2n) is 9.09. The maximum atomic E-state index is 13.2. The normalized spacial score (nSPS) is 21.6. The lowest BCUT2D eigenvalue weighted by molar-refractivity contribution is -0.135. The van der Waals surface area contributed by atoms with E-state index < -0.39 is 28.4 Å². The third-order valence-electron chi connectivity index (χ3n) is 7.24. The van der Waals surface area contributed by atoms with Crippen LogP contribution in [0.5, 0.6) is 0 Å². The van der Waals surface area contributed by atoms with Crippen molar-refractivity contribution >= 4 is 32.8 Å². The molecule has 180 valence electrons. The summed E-state index contributed by atoms with van der Waals surface area (Å²) in [6.07, 6.45) is 4.61. The van der Waals surface area contributed by atoms with Gasteiger partial charge in [0.1, 0.15) is 6.54 Å². The van der Waals surface area contributed by atoms with Crippen LogP contribution < -0.4 is 5.32 Å². The van der Waals surface area contributed by atoms with Gasteiger partial charge in [0, 0.05) is 35.8 Å². The summed E-state index contributed by atoms with van der Waals surface area (Å²) in [7, 11) is -3.54. The molecule has 0 bridgehead atoms. The molecule has 2 N–H and O–H groups in total. The molecule has 2 atom stereocenters. The molecule has 1 saturated heterocycles. The molecule has 1 amide bonds. The minimum atomic E-state index is -3.54. The van der Waals surface area contributed by atoms with Crippen molar-refractivity contribution in [2.45, 2.75) is 51.9 Å². The predicted molar refractivity (Wildman–Crippen MR) is 125 cm³/mol. The lowest BCUT2D eigenvalue weighted by Crippen LogP contribution is -2.31. The van der Waals surface area contributed by atoms with E-state index in [2.05, 4.69) is 12.2 Å². The van der Waals surface area contributed by atoms with Gasteiger partial charge in [0.2, 0.25) is 10.0 Å². The number of amides is 1. The molecule has 2 aliphatic rings. The van der Waals surface area contributed by atoms with E-state index in [0.717, 1.165) is 62.0 Å². The number of carbonyl (C=O) groups is 2. The number of aromatic nitrogens is 1. The Morgan fingerprint density at radius 3 is 2.55 bits per heavy atom. The van der Waals surface area contributed by atoms with E-state index in [1.165, 1.54) is 3.97 Å². The molecule has 0 radical (unpaired) electrons. The minimum Gasteiger partial charge on any atom is -0.480 e. The van der Waals surface area contributed by atoms with Gasteiger partial charge in [-0.2, -0.15) is 0 Å². The predicted octanol–water partition coefficient (Wildman–Crippen LogP) is 3.14. The van der Waals surface area contributed by atoms with Gasteiger partial charge >= 0.3 is 5.97 Å². The Bertz CT molecular complexity index is 1160. The van der Waals surface area contributed by atoms with E-state index in [9.17, 15) is 18.0 Å². The van der Waals surface area contributed by atoms with Gasteiger partial charge in [-0.25, -0.2) is 12.4 Å². The van der Waals surface area contributed by atoms with Gasteiger partial charge in [0.25, 0.3) is 5.91 Å². The van der Waals surface area contributed by atoms with Gasteiger partial charge in [-0.3, -0.25) is 9.59 Å². The fourth-order valence-electron chi connectivity index (χ4n) is 5.53. The van der Waals surface area contributed by atoms with Crippen LogP contribution in [-0.4, -0.2) is 54.9 Å².